The summed E-state index contributed by atoms with van der Waals surface area (Å²) < 4.78 is 0. The third-order valence-electron chi connectivity index (χ3n) is 6.60. The van der Waals surface area contributed by atoms with E-state index in [1.165, 1.54) is 12.5 Å². The molecule has 2 heterocycles. The maximum absolute atomic E-state index is 13.1. The molecular formula is C25H30ClN5O4. The van der Waals surface area contributed by atoms with Crippen LogP contribution < -0.4 is 5.32 Å². The van der Waals surface area contributed by atoms with Gasteiger partial charge in [-0.3, -0.25) is 24.6 Å². The predicted molar refractivity (Wildman–Crippen MR) is 135 cm³/mol. The summed E-state index contributed by atoms with van der Waals surface area (Å²) in [5.41, 5.74) is 1.26. The number of hydrogen-bond donors (Lipinski definition) is 1. The van der Waals surface area contributed by atoms with Crippen LogP contribution in [0.25, 0.3) is 0 Å². The first kappa shape index (κ1) is 24.9. The molecule has 4 rings (SSSR count). The van der Waals surface area contributed by atoms with Crippen molar-refractivity contribution in [2.75, 3.05) is 51.1 Å². The van der Waals surface area contributed by atoms with Gasteiger partial charge in [-0.05, 0) is 43.0 Å². The molecule has 0 atom stereocenters. The Hall–Kier alpha value is -3.17. The highest BCUT2D eigenvalue weighted by atomic mass is 35.5. The molecule has 2 aliphatic rings. The van der Waals surface area contributed by atoms with Gasteiger partial charge in [-0.15, -0.1) is 0 Å². The lowest BCUT2D eigenvalue weighted by atomic mass is 10.1. The van der Waals surface area contributed by atoms with E-state index >= 15 is 0 Å². The molecule has 2 aromatic carbocycles. The fourth-order valence-corrected chi connectivity index (χ4v) is 4.73. The first-order valence-electron chi connectivity index (χ1n) is 12.0. The molecular weight excluding hydrogens is 470 g/mol. The van der Waals surface area contributed by atoms with Gasteiger partial charge in [0.2, 0.25) is 5.91 Å². The van der Waals surface area contributed by atoms with Crippen molar-refractivity contribution in [3.8, 4) is 0 Å². The molecule has 2 amide bonds. The Kier molecular flexibility index (Phi) is 8.20. The Bertz CT molecular complexity index is 1080. The van der Waals surface area contributed by atoms with E-state index in [1.807, 2.05) is 23.1 Å². The van der Waals surface area contributed by atoms with E-state index in [4.69, 9.17) is 11.6 Å². The molecule has 186 valence electrons. The summed E-state index contributed by atoms with van der Waals surface area (Å²) in [6.07, 6.45) is 3.31. The minimum Gasteiger partial charge on any atom is -0.375 e. The van der Waals surface area contributed by atoms with E-state index < -0.39 is 4.92 Å². The normalized spacial score (nSPS) is 16.7. The Morgan fingerprint density at radius 3 is 2.34 bits per heavy atom. The summed E-state index contributed by atoms with van der Waals surface area (Å²) in [7, 11) is 0. The maximum atomic E-state index is 13.1. The molecule has 35 heavy (non-hydrogen) atoms. The van der Waals surface area contributed by atoms with Gasteiger partial charge in [-0.25, -0.2) is 0 Å². The first-order chi connectivity index (χ1) is 16.9. The Morgan fingerprint density at radius 2 is 1.66 bits per heavy atom. The van der Waals surface area contributed by atoms with Crippen molar-refractivity contribution in [2.45, 2.75) is 25.8 Å². The van der Waals surface area contributed by atoms with Gasteiger partial charge >= 0.3 is 0 Å². The van der Waals surface area contributed by atoms with Gasteiger partial charge in [0.1, 0.15) is 5.69 Å². The second-order valence-electron chi connectivity index (χ2n) is 8.94. The lowest BCUT2D eigenvalue weighted by Gasteiger charge is -2.36. The molecule has 2 aromatic rings. The van der Waals surface area contributed by atoms with Crippen molar-refractivity contribution in [2.24, 2.45) is 0 Å². The van der Waals surface area contributed by atoms with Crippen molar-refractivity contribution < 1.29 is 14.5 Å². The number of amides is 2. The van der Waals surface area contributed by atoms with Crippen molar-refractivity contribution in [3.05, 3.63) is 68.7 Å². The fourth-order valence-electron chi connectivity index (χ4n) is 4.52. The number of hydrogen-bond acceptors (Lipinski definition) is 6. The molecule has 0 unspecified atom stereocenters. The number of likely N-dealkylation sites (tertiary alicyclic amines) is 1. The maximum Gasteiger partial charge on any atom is 0.293 e. The van der Waals surface area contributed by atoms with Crippen molar-refractivity contribution in [1.82, 2.24) is 14.7 Å². The number of halogens is 1. The SMILES string of the molecule is O=C(CN1CCN(C(=O)c2ccc(NCc3ccccc3Cl)c([N+](=O)[O-])c2)CC1)N1CCCCC1. The number of benzene rings is 2. The van der Waals surface area contributed by atoms with Crippen LogP contribution in [-0.2, 0) is 11.3 Å². The van der Waals surface area contributed by atoms with Crippen LogP contribution in [0.4, 0.5) is 11.4 Å². The number of rotatable bonds is 7. The largest absolute Gasteiger partial charge is 0.375 e. The number of nitrogens with zero attached hydrogens (tertiary/aromatic N) is 4. The zero-order chi connectivity index (χ0) is 24.8. The number of nitro benzene ring substituents is 1. The van der Waals surface area contributed by atoms with Crippen molar-refractivity contribution in [1.29, 1.82) is 0 Å². The van der Waals surface area contributed by atoms with Crippen molar-refractivity contribution >= 4 is 34.8 Å². The van der Waals surface area contributed by atoms with Crippen LogP contribution in [0.3, 0.4) is 0 Å². The molecule has 0 bridgehead atoms. The molecule has 2 fully saturated rings. The van der Waals surface area contributed by atoms with Gasteiger partial charge in [-0.2, -0.15) is 0 Å². The topological polar surface area (TPSA) is 99.0 Å². The second-order valence-corrected chi connectivity index (χ2v) is 9.35. The molecule has 2 aliphatic heterocycles. The average Bonchev–Trinajstić information content (AvgIpc) is 2.88. The smallest absolute Gasteiger partial charge is 0.293 e. The highest BCUT2D eigenvalue weighted by molar-refractivity contribution is 6.31. The molecule has 0 aliphatic carbocycles. The number of nitro groups is 1. The molecule has 0 saturated carbocycles. The fraction of sp³-hybridized carbons (Fsp3) is 0.440. The summed E-state index contributed by atoms with van der Waals surface area (Å²) in [6.45, 7) is 4.53. The lowest BCUT2D eigenvalue weighted by Crippen LogP contribution is -2.52. The summed E-state index contributed by atoms with van der Waals surface area (Å²) >= 11 is 6.17. The van der Waals surface area contributed by atoms with Gasteiger partial charge in [0.15, 0.2) is 0 Å². The Morgan fingerprint density at radius 1 is 0.943 bits per heavy atom. The molecule has 10 heteroatoms. The highest BCUT2D eigenvalue weighted by Crippen LogP contribution is 2.28. The number of anilines is 1. The van der Waals surface area contributed by atoms with Crippen LogP contribution in [-0.4, -0.2) is 77.3 Å². The first-order valence-corrected chi connectivity index (χ1v) is 12.4. The molecule has 9 nitrogen and oxygen atoms in total. The minimum absolute atomic E-state index is 0.153. The number of carbonyl (C=O) groups excluding carboxylic acids is 2. The van der Waals surface area contributed by atoms with Crippen molar-refractivity contribution in [3.63, 3.8) is 0 Å². The molecule has 0 radical (unpaired) electrons. The summed E-state index contributed by atoms with van der Waals surface area (Å²) in [6, 6.07) is 11.8. The third-order valence-corrected chi connectivity index (χ3v) is 6.96. The van der Waals surface area contributed by atoms with E-state index in [1.54, 1.807) is 23.1 Å². The van der Waals surface area contributed by atoms with Crippen LogP contribution >= 0.6 is 11.6 Å². The second kappa shape index (κ2) is 11.5. The van der Waals surface area contributed by atoms with Crippen LogP contribution in [0, 0.1) is 10.1 Å². The Labute approximate surface area is 209 Å². The summed E-state index contributed by atoms with van der Waals surface area (Å²) in [4.78, 5) is 42.5. The zero-order valence-corrected chi connectivity index (χ0v) is 20.4. The number of piperidine rings is 1. The third kappa shape index (κ3) is 6.29. The van der Waals surface area contributed by atoms with Crippen LogP contribution in [0.15, 0.2) is 42.5 Å². The van der Waals surface area contributed by atoms with Crippen LogP contribution in [0.2, 0.25) is 5.02 Å². The standard InChI is InChI=1S/C25H30ClN5O4/c26-21-7-3-2-6-20(21)17-27-22-9-8-19(16-23(22)31(34)35)25(33)30-14-12-28(13-15-30)18-24(32)29-10-4-1-5-11-29/h2-3,6-9,16,27H,1,4-5,10-15,17-18H2. The van der Waals surface area contributed by atoms with E-state index in [-0.39, 0.29) is 23.1 Å². The number of piperazine rings is 1. The molecule has 2 saturated heterocycles. The van der Waals surface area contributed by atoms with E-state index in [2.05, 4.69) is 10.2 Å². The predicted octanol–water partition coefficient (Wildman–Crippen LogP) is 3.63. The van der Waals surface area contributed by atoms with Gasteiger partial charge in [0.25, 0.3) is 11.6 Å². The highest BCUT2D eigenvalue weighted by Gasteiger charge is 2.27. The molecule has 0 aromatic heterocycles. The minimum atomic E-state index is -0.490. The summed E-state index contributed by atoms with van der Waals surface area (Å²) in [5, 5.41) is 15.3. The van der Waals surface area contributed by atoms with Gasteiger partial charge in [-0.1, -0.05) is 29.8 Å². The Balaban J connectivity index is 1.35. The van der Waals surface area contributed by atoms with E-state index in [0.29, 0.717) is 50.0 Å². The van der Waals surface area contributed by atoms with Crippen LogP contribution in [0.5, 0.6) is 0 Å². The van der Waals surface area contributed by atoms with Gasteiger partial charge < -0.3 is 15.1 Å². The lowest BCUT2D eigenvalue weighted by molar-refractivity contribution is -0.384. The number of carbonyl (C=O) groups is 2. The van der Waals surface area contributed by atoms with Gasteiger partial charge in [0, 0.05) is 62.5 Å². The van der Waals surface area contributed by atoms with E-state index in [0.717, 1.165) is 31.5 Å². The van der Waals surface area contributed by atoms with E-state index in [9.17, 15) is 19.7 Å². The summed E-state index contributed by atoms with van der Waals surface area (Å²) in [5.74, 6) is -0.0901. The molecule has 1 N–H and O–H groups in total. The van der Waals surface area contributed by atoms with Gasteiger partial charge in [0.05, 0.1) is 11.5 Å². The molecule has 0 spiro atoms. The quantitative estimate of drug-likeness (QED) is 0.461. The van der Waals surface area contributed by atoms with Crippen LogP contribution in [0.1, 0.15) is 35.2 Å². The monoisotopic (exact) mass is 499 g/mol. The average molecular weight is 500 g/mol. The zero-order valence-electron chi connectivity index (χ0n) is 19.6. The number of nitrogens with one attached hydrogen (secondary N) is 1.